The molecule has 0 amide bonds. The summed E-state index contributed by atoms with van der Waals surface area (Å²) in [4.78, 5) is 12.6. The summed E-state index contributed by atoms with van der Waals surface area (Å²) < 4.78 is 10.0. The molecular weight excluding hydrogens is 262 g/mol. The third-order valence-electron chi connectivity index (χ3n) is 2.87. The van der Waals surface area contributed by atoms with Gasteiger partial charge < -0.3 is 14.5 Å². The summed E-state index contributed by atoms with van der Waals surface area (Å²) in [7, 11) is 1.34. The summed E-state index contributed by atoms with van der Waals surface area (Å²) >= 11 is 1.74. The zero-order valence-electron chi connectivity index (χ0n) is 11.0. The summed E-state index contributed by atoms with van der Waals surface area (Å²) in [5, 5.41) is 5.49. The minimum absolute atomic E-state index is 0.239. The number of carbonyl (C=O) groups excluding carboxylic acids is 1. The molecule has 102 valence electrons. The number of carbonyl (C=O) groups is 1. The Bertz CT molecular complexity index is 519. The van der Waals surface area contributed by atoms with Crippen molar-refractivity contribution in [3.8, 4) is 0 Å². The van der Waals surface area contributed by atoms with Crippen LogP contribution in [0.25, 0.3) is 0 Å². The number of furan rings is 1. The maximum Gasteiger partial charge on any atom is 0.373 e. The van der Waals surface area contributed by atoms with Crippen LogP contribution in [0.5, 0.6) is 0 Å². The lowest BCUT2D eigenvalue weighted by Gasteiger charge is -2.14. The van der Waals surface area contributed by atoms with Crippen molar-refractivity contribution < 1.29 is 13.9 Å². The number of hydrogen-bond donors (Lipinski definition) is 1. The molecule has 0 aliphatic heterocycles. The van der Waals surface area contributed by atoms with Crippen molar-refractivity contribution in [1.82, 2.24) is 5.32 Å². The Morgan fingerprint density at radius 2 is 2.32 bits per heavy atom. The Labute approximate surface area is 116 Å². The molecule has 0 fully saturated rings. The van der Waals surface area contributed by atoms with Crippen LogP contribution in [0.3, 0.4) is 0 Å². The molecule has 4 nitrogen and oxygen atoms in total. The minimum Gasteiger partial charge on any atom is -0.463 e. The molecule has 0 aliphatic carbocycles. The molecule has 0 spiro atoms. The zero-order chi connectivity index (χ0) is 13.7. The second-order valence-corrected chi connectivity index (χ2v) is 5.09. The Kier molecular flexibility index (Phi) is 4.76. The van der Waals surface area contributed by atoms with Crippen LogP contribution in [-0.4, -0.2) is 13.1 Å². The summed E-state index contributed by atoms with van der Waals surface area (Å²) in [5.74, 6) is 0.524. The van der Waals surface area contributed by atoms with Gasteiger partial charge in [0.2, 0.25) is 5.76 Å². The van der Waals surface area contributed by atoms with Gasteiger partial charge in [0.05, 0.1) is 13.7 Å². The first-order valence-corrected chi connectivity index (χ1v) is 7.06. The fraction of sp³-hybridized carbons (Fsp3) is 0.357. The van der Waals surface area contributed by atoms with E-state index < -0.39 is 5.97 Å². The second kappa shape index (κ2) is 6.54. The maximum absolute atomic E-state index is 11.3. The van der Waals surface area contributed by atoms with Crippen LogP contribution < -0.4 is 5.32 Å². The molecule has 2 aromatic rings. The summed E-state index contributed by atoms with van der Waals surface area (Å²) in [6.07, 6.45) is 1.01. The minimum atomic E-state index is -0.448. The van der Waals surface area contributed by atoms with Gasteiger partial charge in [-0.25, -0.2) is 4.79 Å². The highest BCUT2D eigenvalue weighted by Crippen LogP contribution is 2.22. The number of methoxy groups -OCH3 is 1. The van der Waals surface area contributed by atoms with E-state index >= 15 is 0 Å². The van der Waals surface area contributed by atoms with E-state index in [1.807, 2.05) is 6.07 Å². The molecule has 1 unspecified atom stereocenters. The first-order valence-electron chi connectivity index (χ1n) is 6.18. The first-order chi connectivity index (χ1) is 9.24. The lowest BCUT2D eigenvalue weighted by Crippen LogP contribution is -2.19. The topological polar surface area (TPSA) is 51.5 Å². The fourth-order valence-electron chi connectivity index (χ4n) is 1.84. The van der Waals surface area contributed by atoms with E-state index in [1.54, 1.807) is 23.5 Å². The van der Waals surface area contributed by atoms with Crippen LogP contribution in [0.15, 0.2) is 34.1 Å². The van der Waals surface area contributed by atoms with Gasteiger partial charge in [-0.3, -0.25) is 0 Å². The number of rotatable bonds is 6. The van der Waals surface area contributed by atoms with Crippen molar-refractivity contribution in [2.24, 2.45) is 0 Å². The lowest BCUT2D eigenvalue weighted by atomic mass is 10.2. The van der Waals surface area contributed by atoms with Gasteiger partial charge in [0.15, 0.2) is 0 Å². The van der Waals surface area contributed by atoms with E-state index in [-0.39, 0.29) is 5.76 Å². The maximum atomic E-state index is 11.3. The largest absolute Gasteiger partial charge is 0.463 e. The van der Waals surface area contributed by atoms with Crippen LogP contribution in [0.1, 0.15) is 40.6 Å². The van der Waals surface area contributed by atoms with Crippen molar-refractivity contribution in [2.75, 3.05) is 7.11 Å². The Morgan fingerprint density at radius 1 is 1.47 bits per heavy atom. The van der Waals surface area contributed by atoms with Crippen molar-refractivity contribution >= 4 is 17.3 Å². The molecule has 1 N–H and O–H groups in total. The molecule has 0 saturated heterocycles. The fourth-order valence-corrected chi connectivity index (χ4v) is 2.73. The van der Waals surface area contributed by atoms with Gasteiger partial charge in [0.25, 0.3) is 0 Å². The van der Waals surface area contributed by atoms with E-state index in [1.165, 1.54) is 12.0 Å². The van der Waals surface area contributed by atoms with Crippen LogP contribution in [-0.2, 0) is 11.3 Å². The highest BCUT2D eigenvalue weighted by atomic mass is 32.1. The third-order valence-corrected chi connectivity index (χ3v) is 3.85. The number of nitrogens with one attached hydrogen (secondary N) is 1. The van der Waals surface area contributed by atoms with Gasteiger partial charge in [-0.05, 0) is 30.0 Å². The van der Waals surface area contributed by atoms with Gasteiger partial charge in [-0.1, -0.05) is 13.0 Å². The van der Waals surface area contributed by atoms with Crippen LogP contribution in [0, 0.1) is 0 Å². The number of hydrogen-bond acceptors (Lipinski definition) is 5. The molecule has 0 radical (unpaired) electrons. The molecule has 0 aliphatic rings. The van der Waals surface area contributed by atoms with Gasteiger partial charge in [-0.2, -0.15) is 0 Å². The van der Waals surface area contributed by atoms with Crippen molar-refractivity contribution in [2.45, 2.75) is 25.9 Å². The predicted molar refractivity (Wildman–Crippen MR) is 74.2 cm³/mol. The Hall–Kier alpha value is -1.59. The number of ether oxygens (including phenoxy) is 1. The molecule has 0 bridgehead atoms. The van der Waals surface area contributed by atoms with E-state index in [0.717, 1.165) is 12.2 Å². The normalized spacial score (nSPS) is 12.3. The summed E-state index contributed by atoms with van der Waals surface area (Å²) in [5.41, 5.74) is 0. The Balaban J connectivity index is 1.94. The molecule has 2 rings (SSSR count). The molecule has 2 heterocycles. The summed E-state index contributed by atoms with van der Waals surface area (Å²) in [6, 6.07) is 7.90. The summed E-state index contributed by atoms with van der Waals surface area (Å²) in [6.45, 7) is 2.73. The van der Waals surface area contributed by atoms with Crippen LogP contribution >= 0.6 is 11.3 Å². The van der Waals surface area contributed by atoms with Crippen LogP contribution in [0.2, 0.25) is 0 Å². The van der Waals surface area contributed by atoms with E-state index in [2.05, 4.69) is 28.4 Å². The van der Waals surface area contributed by atoms with Crippen LogP contribution in [0.4, 0.5) is 0 Å². The number of thiophene rings is 1. The molecule has 1 atom stereocenters. The van der Waals surface area contributed by atoms with Crippen molar-refractivity contribution in [3.63, 3.8) is 0 Å². The molecule has 0 aromatic carbocycles. The average Bonchev–Trinajstić information content (AvgIpc) is 3.09. The van der Waals surface area contributed by atoms with Gasteiger partial charge in [0.1, 0.15) is 5.76 Å². The zero-order valence-corrected chi connectivity index (χ0v) is 11.8. The molecule has 5 heteroatoms. The SMILES string of the molecule is CCC(NCc1ccc(C(=O)OC)o1)c1cccs1. The first kappa shape index (κ1) is 13.8. The van der Waals surface area contributed by atoms with Gasteiger partial charge in [-0.15, -0.1) is 11.3 Å². The molecule has 2 aromatic heterocycles. The Morgan fingerprint density at radius 3 is 2.95 bits per heavy atom. The smallest absolute Gasteiger partial charge is 0.373 e. The quantitative estimate of drug-likeness (QED) is 0.824. The van der Waals surface area contributed by atoms with Gasteiger partial charge in [0, 0.05) is 10.9 Å². The molecule has 0 saturated carbocycles. The van der Waals surface area contributed by atoms with E-state index in [9.17, 15) is 4.79 Å². The molecular formula is C14H17NO3S. The van der Waals surface area contributed by atoms with E-state index in [0.29, 0.717) is 12.6 Å². The number of esters is 1. The second-order valence-electron chi connectivity index (χ2n) is 4.11. The highest BCUT2D eigenvalue weighted by Gasteiger charge is 2.13. The third kappa shape index (κ3) is 3.45. The highest BCUT2D eigenvalue weighted by molar-refractivity contribution is 7.10. The standard InChI is InChI=1S/C14H17NO3S/c1-3-11(13-5-4-8-19-13)15-9-10-6-7-12(18-10)14(16)17-2/h4-8,11,15H,3,9H2,1-2H3. The lowest BCUT2D eigenvalue weighted by molar-refractivity contribution is 0.0563. The predicted octanol–water partition coefficient (Wildman–Crippen LogP) is 3.37. The van der Waals surface area contributed by atoms with Crippen molar-refractivity contribution in [1.29, 1.82) is 0 Å². The molecule has 19 heavy (non-hydrogen) atoms. The van der Waals surface area contributed by atoms with Crippen molar-refractivity contribution in [3.05, 3.63) is 46.0 Å². The van der Waals surface area contributed by atoms with Gasteiger partial charge >= 0.3 is 5.97 Å². The monoisotopic (exact) mass is 279 g/mol. The average molecular weight is 279 g/mol. The van der Waals surface area contributed by atoms with E-state index in [4.69, 9.17) is 4.42 Å².